The van der Waals surface area contributed by atoms with Gasteiger partial charge in [0.2, 0.25) is 0 Å². The lowest BCUT2D eigenvalue weighted by Gasteiger charge is -2.30. The van der Waals surface area contributed by atoms with Crippen LogP contribution in [0.5, 0.6) is 0 Å². The first kappa shape index (κ1) is 21.8. The van der Waals surface area contributed by atoms with Crippen LogP contribution in [0.15, 0.2) is 35.5 Å². The lowest BCUT2D eigenvalue weighted by Crippen LogP contribution is -2.25. The zero-order valence-electron chi connectivity index (χ0n) is 16.9. The maximum atomic E-state index is 14.3. The second-order valence-corrected chi connectivity index (χ2v) is 7.33. The maximum Gasteiger partial charge on any atom is 0.270 e. The predicted molar refractivity (Wildman–Crippen MR) is 112 cm³/mol. The van der Waals surface area contributed by atoms with Crippen LogP contribution in [0.4, 0.5) is 8.78 Å². The first-order chi connectivity index (χ1) is 13.2. The molecule has 150 valence electrons. The van der Waals surface area contributed by atoms with Crippen LogP contribution in [0.2, 0.25) is 0 Å². The van der Waals surface area contributed by atoms with Gasteiger partial charge in [0.05, 0.1) is 5.69 Å². The van der Waals surface area contributed by atoms with Crippen LogP contribution in [0.25, 0.3) is 11.1 Å². The summed E-state index contributed by atoms with van der Waals surface area (Å²) in [6.45, 7) is 5.49. The van der Waals surface area contributed by atoms with E-state index in [0.717, 1.165) is 30.7 Å². The predicted octanol–water partition coefficient (Wildman–Crippen LogP) is 4.92. The van der Waals surface area contributed by atoms with Gasteiger partial charge in [-0.25, -0.2) is 8.78 Å². The average molecular weight is 386 g/mol. The highest BCUT2D eigenvalue weighted by Gasteiger charge is 2.30. The van der Waals surface area contributed by atoms with Crippen LogP contribution in [-0.4, -0.2) is 31.0 Å². The SMILES string of the molecule is CCC(C)(CCN)c1cc(-c2ccnc(C=N)c2C=NC)cc(C(C)(F)F)c1. The van der Waals surface area contributed by atoms with Gasteiger partial charge in [0.15, 0.2) is 0 Å². The topological polar surface area (TPSA) is 75.1 Å². The highest BCUT2D eigenvalue weighted by Crippen LogP contribution is 2.39. The summed E-state index contributed by atoms with van der Waals surface area (Å²) in [4.78, 5) is 8.25. The standard InChI is InChI=1S/C22H28F2N4/c1-5-21(2,7-8-25)16-10-15(11-17(12-16)22(3,23)24)18-6-9-28-20(13-26)19(18)14-27-4/h6,9-14,26H,5,7-8,25H2,1-4H3. The Morgan fingerprint density at radius 2 is 1.89 bits per heavy atom. The van der Waals surface area contributed by atoms with E-state index in [2.05, 4.69) is 16.9 Å². The number of hydrogen-bond donors (Lipinski definition) is 2. The fraction of sp³-hybridized carbons (Fsp3) is 0.409. The summed E-state index contributed by atoms with van der Waals surface area (Å²) in [7, 11) is 1.63. The van der Waals surface area contributed by atoms with Gasteiger partial charge in [0.1, 0.15) is 0 Å². The van der Waals surface area contributed by atoms with Crippen LogP contribution in [0.3, 0.4) is 0 Å². The second kappa shape index (κ2) is 8.69. The minimum Gasteiger partial charge on any atom is -0.330 e. The van der Waals surface area contributed by atoms with E-state index in [4.69, 9.17) is 11.1 Å². The van der Waals surface area contributed by atoms with Crippen molar-refractivity contribution in [2.75, 3.05) is 13.6 Å². The van der Waals surface area contributed by atoms with E-state index < -0.39 is 5.92 Å². The van der Waals surface area contributed by atoms with Crippen molar-refractivity contribution in [3.63, 3.8) is 0 Å². The molecule has 3 N–H and O–H groups in total. The monoisotopic (exact) mass is 386 g/mol. The smallest absolute Gasteiger partial charge is 0.270 e. The number of rotatable bonds is 8. The van der Waals surface area contributed by atoms with Gasteiger partial charge in [0, 0.05) is 43.7 Å². The molecule has 4 nitrogen and oxygen atoms in total. The van der Waals surface area contributed by atoms with Crippen LogP contribution in [0.1, 0.15) is 56.0 Å². The van der Waals surface area contributed by atoms with Crippen LogP contribution in [0, 0.1) is 5.41 Å². The molecule has 1 aromatic carbocycles. The van der Waals surface area contributed by atoms with Gasteiger partial charge in [-0.05, 0) is 59.7 Å². The molecule has 1 unspecified atom stereocenters. The van der Waals surface area contributed by atoms with Gasteiger partial charge in [-0.15, -0.1) is 0 Å². The summed E-state index contributed by atoms with van der Waals surface area (Å²) in [5, 5.41) is 7.61. The van der Waals surface area contributed by atoms with E-state index >= 15 is 0 Å². The van der Waals surface area contributed by atoms with E-state index in [1.54, 1.807) is 31.6 Å². The molecule has 0 aliphatic rings. The third-order valence-electron chi connectivity index (χ3n) is 5.34. The first-order valence-corrected chi connectivity index (χ1v) is 9.36. The van der Waals surface area contributed by atoms with Crippen molar-refractivity contribution in [2.24, 2.45) is 10.7 Å². The lowest BCUT2D eigenvalue weighted by molar-refractivity contribution is 0.0173. The van der Waals surface area contributed by atoms with Crippen molar-refractivity contribution in [3.05, 3.63) is 52.8 Å². The first-order valence-electron chi connectivity index (χ1n) is 9.36. The molecule has 0 aliphatic heterocycles. The Bertz CT molecular complexity index is 871. The van der Waals surface area contributed by atoms with Gasteiger partial charge < -0.3 is 11.1 Å². The number of nitrogens with one attached hydrogen (secondary N) is 1. The molecule has 0 bridgehead atoms. The largest absolute Gasteiger partial charge is 0.330 e. The number of aliphatic imine (C=N–C) groups is 1. The van der Waals surface area contributed by atoms with E-state index in [1.165, 1.54) is 6.07 Å². The summed E-state index contributed by atoms with van der Waals surface area (Å²) in [5.41, 5.74) is 8.76. The fourth-order valence-corrected chi connectivity index (χ4v) is 3.35. The normalized spacial score (nSPS) is 14.2. The van der Waals surface area contributed by atoms with Crippen molar-refractivity contribution in [1.82, 2.24) is 4.98 Å². The third-order valence-corrected chi connectivity index (χ3v) is 5.34. The molecule has 1 aromatic heterocycles. The molecular weight excluding hydrogens is 358 g/mol. The third kappa shape index (κ3) is 4.50. The molecular formula is C22H28F2N4. The van der Waals surface area contributed by atoms with Gasteiger partial charge >= 0.3 is 0 Å². The Kier molecular flexibility index (Phi) is 6.77. The Morgan fingerprint density at radius 1 is 1.21 bits per heavy atom. The van der Waals surface area contributed by atoms with E-state index in [9.17, 15) is 8.78 Å². The van der Waals surface area contributed by atoms with Crippen molar-refractivity contribution in [1.29, 1.82) is 5.41 Å². The molecule has 1 heterocycles. The molecule has 0 saturated carbocycles. The summed E-state index contributed by atoms with van der Waals surface area (Å²) in [6, 6.07) is 6.82. The van der Waals surface area contributed by atoms with Crippen LogP contribution in [-0.2, 0) is 11.3 Å². The minimum absolute atomic E-state index is 0.0377. The number of nitrogens with zero attached hydrogens (tertiary/aromatic N) is 2. The number of alkyl halides is 2. The molecule has 0 fully saturated rings. The molecule has 6 heteroatoms. The van der Waals surface area contributed by atoms with E-state index in [1.807, 2.05) is 13.0 Å². The molecule has 2 rings (SSSR count). The zero-order valence-corrected chi connectivity index (χ0v) is 16.9. The van der Waals surface area contributed by atoms with Gasteiger partial charge in [-0.1, -0.05) is 19.9 Å². The Hall–Kier alpha value is -2.47. The Morgan fingerprint density at radius 3 is 2.43 bits per heavy atom. The minimum atomic E-state index is -2.97. The molecule has 0 amide bonds. The fourth-order valence-electron chi connectivity index (χ4n) is 3.35. The number of halogens is 2. The van der Waals surface area contributed by atoms with Crippen LogP contribution < -0.4 is 5.73 Å². The quantitative estimate of drug-likeness (QED) is 0.632. The molecule has 28 heavy (non-hydrogen) atoms. The molecule has 2 aromatic rings. The molecule has 1 atom stereocenters. The zero-order chi connectivity index (χ0) is 20.9. The highest BCUT2D eigenvalue weighted by molar-refractivity contribution is 5.98. The van der Waals surface area contributed by atoms with E-state index in [-0.39, 0.29) is 11.0 Å². The van der Waals surface area contributed by atoms with Crippen molar-refractivity contribution in [2.45, 2.75) is 45.0 Å². The number of aromatic nitrogens is 1. The number of benzene rings is 1. The summed E-state index contributed by atoms with van der Waals surface area (Å²) in [5.74, 6) is -2.97. The number of nitrogens with two attached hydrogens (primary N) is 1. The molecule has 0 aliphatic carbocycles. The average Bonchev–Trinajstić information content (AvgIpc) is 2.67. The maximum absolute atomic E-state index is 14.3. The molecule has 0 radical (unpaired) electrons. The lowest BCUT2D eigenvalue weighted by atomic mass is 9.75. The van der Waals surface area contributed by atoms with Gasteiger partial charge in [-0.3, -0.25) is 9.98 Å². The summed E-state index contributed by atoms with van der Waals surface area (Å²) < 4.78 is 28.6. The highest BCUT2D eigenvalue weighted by atomic mass is 19.3. The Labute approximate surface area is 165 Å². The summed E-state index contributed by atoms with van der Waals surface area (Å²) >= 11 is 0. The number of hydrogen-bond acceptors (Lipinski definition) is 4. The van der Waals surface area contributed by atoms with Gasteiger partial charge in [-0.2, -0.15) is 0 Å². The molecule has 0 saturated heterocycles. The second-order valence-electron chi connectivity index (χ2n) is 7.33. The number of pyridine rings is 1. The van der Waals surface area contributed by atoms with Crippen LogP contribution >= 0.6 is 0 Å². The Balaban J connectivity index is 2.82. The molecule has 0 spiro atoms. The van der Waals surface area contributed by atoms with Crippen molar-refractivity contribution >= 4 is 12.4 Å². The van der Waals surface area contributed by atoms with Crippen molar-refractivity contribution < 1.29 is 8.78 Å². The van der Waals surface area contributed by atoms with E-state index in [0.29, 0.717) is 29.8 Å². The summed E-state index contributed by atoms with van der Waals surface area (Å²) in [6.07, 6.45) is 5.82. The van der Waals surface area contributed by atoms with Gasteiger partial charge in [0.25, 0.3) is 5.92 Å². The van der Waals surface area contributed by atoms with Crippen molar-refractivity contribution in [3.8, 4) is 11.1 Å².